The summed E-state index contributed by atoms with van der Waals surface area (Å²) >= 11 is 0. The molecule has 1 aromatic rings. The Balaban J connectivity index is 1.14. The number of nitrogens with zero attached hydrogens (tertiary/aromatic N) is 5. The van der Waals surface area contributed by atoms with E-state index < -0.39 is 29.1 Å². The Morgan fingerprint density at radius 3 is 2.68 bits per heavy atom. The van der Waals surface area contributed by atoms with Crippen LogP contribution in [-0.2, 0) is 19.1 Å². The van der Waals surface area contributed by atoms with E-state index in [2.05, 4.69) is 32.2 Å². The molecule has 6 aliphatic rings. The van der Waals surface area contributed by atoms with Crippen molar-refractivity contribution in [2.24, 2.45) is 32.7 Å². The summed E-state index contributed by atoms with van der Waals surface area (Å²) in [5.74, 6) is 0.701. The fourth-order valence-corrected chi connectivity index (χ4v) is 9.27. The quantitative estimate of drug-likeness (QED) is 0.198. The number of aliphatic hydroxyl groups is 3. The topological polar surface area (TPSA) is 182 Å². The molecule has 4 fully saturated rings. The van der Waals surface area contributed by atoms with Gasteiger partial charge in [0, 0.05) is 48.1 Å². The maximum absolute atomic E-state index is 13.2. The average molecular weight is 689 g/mol. The second-order valence-corrected chi connectivity index (χ2v) is 15.3. The van der Waals surface area contributed by atoms with Gasteiger partial charge in [0.1, 0.15) is 17.2 Å². The fourth-order valence-electron chi connectivity index (χ4n) is 9.27. The molecule has 5 heterocycles. The standard InChI is InChI=1S/C37H48N6O7/c1-22(27(46)15-32-38-10-11-39-32)42-30-16-29-35(2,9-8-31(47)36(29,3)20-45)28(37(30)21-49-37)7-6-24-14-26(50-33(24)48)13-23-17-40-34(41-18-23)43-12-4-5-25(43)19-44/h6-7,10,13-14,17-18,22,25,28-31,42,44-45,47H,4-5,8-9,11-12,15-16,19-21H2,1-3H3/b7-6+,26-13+/t22?,25?,28?,29?,30?,31-,35-,36+,37?/m1/s1. The zero-order valence-corrected chi connectivity index (χ0v) is 29.0. The summed E-state index contributed by atoms with van der Waals surface area (Å²) in [6.45, 7) is 7.68. The first-order chi connectivity index (χ1) is 24.0. The molecule has 2 saturated carbocycles. The molecule has 268 valence electrons. The number of amidine groups is 1. The van der Waals surface area contributed by atoms with E-state index in [4.69, 9.17) is 9.47 Å². The third kappa shape index (κ3) is 6.17. The smallest absolute Gasteiger partial charge is 0.343 e. The lowest BCUT2D eigenvalue weighted by molar-refractivity contribution is -0.174. The van der Waals surface area contributed by atoms with Crippen LogP contribution in [0, 0.1) is 22.7 Å². The van der Waals surface area contributed by atoms with Crippen LogP contribution in [0.4, 0.5) is 5.95 Å². The van der Waals surface area contributed by atoms with Crippen LogP contribution in [0.15, 0.2) is 51.9 Å². The Kier molecular flexibility index (Phi) is 9.40. The highest BCUT2D eigenvalue weighted by Gasteiger charge is 2.70. The van der Waals surface area contributed by atoms with E-state index in [1.165, 1.54) is 0 Å². The van der Waals surface area contributed by atoms with Gasteiger partial charge in [-0.3, -0.25) is 9.79 Å². The highest BCUT2D eigenvalue weighted by Crippen LogP contribution is 2.65. The highest BCUT2D eigenvalue weighted by molar-refractivity contribution is 6.07. The van der Waals surface area contributed by atoms with Gasteiger partial charge in [-0.05, 0) is 62.5 Å². The number of allylic oxidation sites excluding steroid dienone is 1. The van der Waals surface area contributed by atoms with Gasteiger partial charge in [0.25, 0.3) is 0 Å². The van der Waals surface area contributed by atoms with Gasteiger partial charge in [0.15, 0.2) is 5.78 Å². The summed E-state index contributed by atoms with van der Waals surface area (Å²) in [5, 5.41) is 35.1. The maximum atomic E-state index is 13.2. The van der Waals surface area contributed by atoms with Gasteiger partial charge >= 0.3 is 5.97 Å². The molecule has 0 aromatic carbocycles. The minimum atomic E-state index is -0.761. The van der Waals surface area contributed by atoms with Gasteiger partial charge in [0.2, 0.25) is 5.95 Å². The molecule has 7 rings (SSSR count). The van der Waals surface area contributed by atoms with E-state index in [0.29, 0.717) is 61.1 Å². The SMILES string of the molecule is CC(NC1CC2[C@](C)(CC[C@@H](O)[C@@]2(C)CO)C(/C=C/C2=CC(=C\c3cnc(N4CCCC4CO)nc3)/OC2=O)C12CO2)C(=O)CC1=NCC=N1. The van der Waals surface area contributed by atoms with Crippen molar-refractivity contribution >= 4 is 35.8 Å². The predicted molar refractivity (Wildman–Crippen MR) is 186 cm³/mol. The first-order valence-electron chi connectivity index (χ1n) is 17.8. The number of rotatable bonds is 11. The summed E-state index contributed by atoms with van der Waals surface area (Å²) in [6.07, 6.45) is 15.5. The normalized spacial score (nSPS) is 37.7. The zero-order chi connectivity index (χ0) is 35.3. The molecule has 1 aromatic heterocycles. The number of hydrogen-bond donors (Lipinski definition) is 4. The van der Waals surface area contributed by atoms with Gasteiger partial charge in [-0.15, -0.1) is 0 Å². The number of esters is 1. The lowest BCUT2D eigenvalue weighted by atomic mass is 9.44. The van der Waals surface area contributed by atoms with Gasteiger partial charge < -0.3 is 35.0 Å². The summed E-state index contributed by atoms with van der Waals surface area (Å²) < 4.78 is 12.0. The lowest BCUT2D eigenvalue weighted by Gasteiger charge is -2.62. The number of ether oxygens (including phenoxy) is 2. The first-order valence-corrected chi connectivity index (χ1v) is 17.8. The lowest BCUT2D eigenvalue weighted by Crippen LogP contribution is -2.67. The minimum Gasteiger partial charge on any atom is -0.423 e. The molecule has 13 nitrogen and oxygen atoms in total. The highest BCUT2D eigenvalue weighted by atomic mass is 16.6. The predicted octanol–water partition coefficient (Wildman–Crippen LogP) is 2.17. The summed E-state index contributed by atoms with van der Waals surface area (Å²) in [4.78, 5) is 45.8. The van der Waals surface area contributed by atoms with Crippen molar-refractivity contribution in [1.29, 1.82) is 0 Å². The van der Waals surface area contributed by atoms with Crippen LogP contribution in [0.25, 0.3) is 6.08 Å². The molecule has 9 atom stereocenters. The van der Waals surface area contributed by atoms with Crippen LogP contribution < -0.4 is 10.2 Å². The van der Waals surface area contributed by atoms with Crippen molar-refractivity contribution in [3.05, 3.63) is 47.5 Å². The molecule has 50 heavy (non-hydrogen) atoms. The molecule has 0 amide bonds. The third-order valence-electron chi connectivity index (χ3n) is 12.3. The second kappa shape index (κ2) is 13.5. The zero-order valence-electron chi connectivity index (χ0n) is 29.0. The van der Waals surface area contributed by atoms with E-state index >= 15 is 0 Å². The fraction of sp³-hybridized carbons (Fsp3) is 0.622. The molecule has 0 bridgehead atoms. The monoisotopic (exact) mass is 688 g/mol. The molecule has 13 heteroatoms. The Morgan fingerprint density at radius 1 is 1.22 bits per heavy atom. The Hall–Kier alpha value is -3.62. The van der Waals surface area contributed by atoms with Crippen molar-refractivity contribution < 1.29 is 34.4 Å². The van der Waals surface area contributed by atoms with E-state index in [9.17, 15) is 24.9 Å². The van der Waals surface area contributed by atoms with Gasteiger partial charge in [-0.25, -0.2) is 19.8 Å². The molecule has 0 radical (unpaired) electrons. The van der Waals surface area contributed by atoms with E-state index in [0.717, 1.165) is 19.4 Å². The summed E-state index contributed by atoms with van der Waals surface area (Å²) in [6, 6.07) is -0.711. The van der Waals surface area contributed by atoms with Crippen molar-refractivity contribution in [2.45, 2.75) is 89.1 Å². The number of carbonyl (C=O) groups excluding carboxylic acids is 2. The van der Waals surface area contributed by atoms with E-state index in [-0.39, 0.29) is 54.8 Å². The number of cyclic esters (lactones) is 1. The first kappa shape index (κ1) is 34.8. The number of fused-ring (bicyclic) bond motifs is 1. The second-order valence-electron chi connectivity index (χ2n) is 15.3. The van der Waals surface area contributed by atoms with Crippen molar-refractivity contribution in [1.82, 2.24) is 15.3 Å². The van der Waals surface area contributed by atoms with Crippen LogP contribution >= 0.6 is 0 Å². The Labute approximate surface area is 292 Å². The molecular formula is C37H48N6O7. The largest absolute Gasteiger partial charge is 0.423 e. The molecule has 4 aliphatic heterocycles. The molecule has 1 spiro atoms. The number of epoxide rings is 1. The van der Waals surface area contributed by atoms with E-state index in [1.807, 2.05) is 24.8 Å². The van der Waals surface area contributed by atoms with Crippen molar-refractivity contribution in [3.63, 3.8) is 0 Å². The number of aromatic nitrogens is 2. The molecule has 6 unspecified atom stereocenters. The van der Waals surface area contributed by atoms with Crippen LogP contribution in [0.3, 0.4) is 0 Å². The van der Waals surface area contributed by atoms with Gasteiger partial charge in [0.05, 0.1) is 56.5 Å². The Bertz CT molecular complexity index is 1650. The molecule has 2 saturated heterocycles. The van der Waals surface area contributed by atoms with Gasteiger partial charge in [-0.1, -0.05) is 26.0 Å². The Morgan fingerprint density at radius 2 is 2.00 bits per heavy atom. The number of nitrogens with one attached hydrogen (secondary N) is 1. The van der Waals surface area contributed by atoms with Crippen LogP contribution in [0.1, 0.15) is 64.9 Å². The number of anilines is 1. The van der Waals surface area contributed by atoms with Gasteiger partial charge in [-0.2, -0.15) is 0 Å². The van der Waals surface area contributed by atoms with Crippen molar-refractivity contribution in [2.75, 3.05) is 37.8 Å². The number of Topliss-reactive ketones (excluding diaryl/α,β-unsaturated/α-hetero) is 1. The maximum Gasteiger partial charge on any atom is 0.343 e. The number of aliphatic hydroxyl groups excluding tert-OH is 3. The van der Waals surface area contributed by atoms with Crippen LogP contribution in [0.2, 0.25) is 0 Å². The number of carbonyl (C=O) groups is 2. The third-order valence-corrected chi connectivity index (χ3v) is 12.3. The number of aliphatic imine (C=N–C) groups is 2. The van der Waals surface area contributed by atoms with Crippen LogP contribution in [0.5, 0.6) is 0 Å². The summed E-state index contributed by atoms with van der Waals surface area (Å²) in [7, 11) is 0. The minimum absolute atomic E-state index is 0.0174. The molecule has 2 aliphatic carbocycles. The van der Waals surface area contributed by atoms with E-state index in [1.54, 1.807) is 36.8 Å². The number of hydrogen-bond acceptors (Lipinski definition) is 13. The summed E-state index contributed by atoms with van der Waals surface area (Å²) in [5.41, 5.74) is -0.677. The molecular weight excluding hydrogens is 640 g/mol. The van der Waals surface area contributed by atoms with Crippen LogP contribution in [-0.4, -0.2) is 112 Å². The molecule has 4 N–H and O–H groups in total. The average Bonchev–Trinajstić information content (AvgIpc) is 3.41. The van der Waals surface area contributed by atoms with Crippen molar-refractivity contribution in [3.8, 4) is 0 Å². The number of ketones is 1.